The molecule has 1 amide bonds. The summed E-state index contributed by atoms with van der Waals surface area (Å²) in [6, 6.07) is 17.3. The summed E-state index contributed by atoms with van der Waals surface area (Å²) in [5.74, 6) is 0.778. The molecule has 0 aliphatic carbocycles. The second kappa shape index (κ2) is 7.79. The van der Waals surface area contributed by atoms with Crippen molar-refractivity contribution in [1.29, 1.82) is 0 Å². The van der Waals surface area contributed by atoms with E-state index in [0.29, 0.717) is 23.6 Å². The van der Waals surface area contributed by atoms with Gasteiger partial charge in [-0.05, 0) is 17.7 Å². The first-order valence-corrected chi connectivity index (χ1v) is 8.18. The van der Waals surface area contributed by atoms with Crippen LogP contribution in [0.2, 0.25) is 5.02 Å². The van der Waals surface area contributed by atoms with Gasteiger partial charge in [-0.25, -0.2) is 4.98 Å². The van der Waals surface area contributed by atoms with E-state index in [1.54, 1.807) is 30.5 Å². The maximum atomic E-state index is 12.1. The minimum Gasteiger partial charge on any atom is -0.352 e. The Morgan fingerprint density at radius 3 is 2.62 bits per heavy atom. The van der Waals surface area contributed by atoms with Crippen LogP contribution in [-0.2, 0) is 13.0 Å². The molecule has 0 spiro atoms. The summed E-state index contributed by atoms with van der Waals surface area (Å²) in [6.45, 7) is 1.28. The van der Waals surface area contributed by atoms with Gasteiger partial charge >= 0.3 is 0 Å². The van der Waals surface area contributed by atoms with Crippen LogP contribution in [0.5, 0.6) is 0 Å². The number of amides is 1. The summed E-state index contributed by atoms with van der Waals surface area (Å²) < 4.78 is 2.09. The molecule has 0 fully saturated rings. The number of benzene rings is 2. The Morgan fingerprint density at radius 1 is 1.08 bits per heavy atom. The Balaban J connectivity index is 1.57. The first-order valence-electron chi connectivity index (χ1n) is 7.80. The van der Waals surface area contributed by atoms with Crippen molar-refractivity contribution < 1.29 is 4.79 Å². The Kier molecular flexibility index (Phi) is 5.29. The molecule has 0 bridgehead atoms. The van der Waals surface area contributed by atoms with Gasteiger partial charge in [0, 0.05) is 31.9 Å². The molecule has 1 heterocycles. The summed E-state index contributed by atoms with van der Waals surface area (Å²) in [5, 5.41) is 3.35. The third-order valence-corrected chi connectivity index (χ3v) is 4.08. The van der Waals surface area contributed by atoms with Gasteiger partial charge in [0.15, 0.2) is 0 Å². The highest BCUT2D eigenvalue weighted by Gasteiger charge is 2.09. The third-order valence-electron chi connectivity index (χ3n) is 3.75. The average Bonchev–Trinajstić information content (AvgIpc) is 3.03. The number of halogens is 1. The van der Waals surface area contributed by atoms with Crippen LogP contribution in [0.4, 0.5) is 0 Å². The second-order valence-corrected chi connectivity index (χ2v) is 5.85. The molecule has 4 nitrogen and oxygen atoms in total. The quantitative estimate of drug-likeness (QED) is 0.746. The van der Waals surface area contributed by atoms with E-state index in [9.17, 15) is 4.79 Å². The van der Waals surface area contributed by atoms with Crippen LogP contribution in [0.1, 0.15) is 21.7 Å². The summed E-state index contributed by atoms with van der Waals surface area (Å²) in [4.78, 5) is 16.5. The monoisotopic (exact) mass is 339 g/mol. The molecule has 3 aromatic rings. The van der Waals surface area contributed by atoms with Crippen LogP contribution < -0.4 is 5.32 Å². The van der Waals surface area contributed by atoms with Crippen molar-refractivity contribution in [3.8, 4) is 0 Å². The van der Waals surface area contributed by atoms with Crippen molar-refractivity contribution >= 4 is 17.5 Å². The number of hydrogen-bond acceptors (Lipinski definition) is 2. The number of rotatable bonds is 6. The molecule has 0 saturated carbocycles. The van der Waals surface area contributed by atoms with E-state index in [4.69, 9.17) is 11.6 Å². The largest absolute Gasteiger partial charge is 0.352 e. The Labute approximate surface area is 146 Å². The molecule has 0 atom stereocenters. The molecule has 5 heteroatoms. The summed E-state index contributed by atoms with van der Waals surface area (Å²) in [5.41, 5.74) is 1.71. The lowest BCUT2D eigenvalue weighted by atomic mass is 10.2. The SMILES string of the molecule is O=C(NCCc1nccn1Cc1ccccc1)c1ccccc1Cl. The molecule has 0 saturated heterocycles. The smallest absolute Gasteiger partial charge is 0.252 e. The van der Waals surface area contributed by atoms with E-state index >= 15 is 0 Å². The van der Waals surface area contributed by atoms with Gasteiger partial charge in [-0.15, -0.1) is 0 Å². The first-order chi connectivity index (χ1) is 11.7. The average molecular weight is 340 g/mol. The van der Waals surface area contributed by atoms with Crippen molar-refractivity contribution in [2.75, 3.05) is 6.54 Å². The lowest BCUT2D eigenvalue weighted by Gasteiger charge is -2.09. The van der Waals surface area contributed by atoms with Gasteiger partial charge in [-0.3, -0.25) is 4.79 Å². The van der Waals surface area contributed by atoms with Gasteiger partial charge in [0.25, 0.3) is 5.91 Å². The molecule has 1 aromatic heterocycles. The van der Waals surface area contributed by atoms with Crippen LogP contribution in [0.15, 0.2) is 67.0 Å². The van der Waals surface area contributed by atoms with E-state index in [2.05, 4.69) is 27.0 Å². The van der Waals surface area contributed by atoms with Gasteiger partial charge in [0.05, 0.1) is 10.6 Å². The first kappa shape index (κ1) is 16.3. The molecular formula is C19H18ClN3O. The standard InChI is InChI=1S/C19H18ClN3O/c20-17-9-5-4-8-16(17)19(24)22-11-10-18-21-12-13-23(18)14-15-6-2-1-3-7-15/h1-9,12-13H,10-11,14H2,(H,22,24). The fourth-order valence-electron chi connectivity index (χ4n) is 2.52. The zero-order valence-electron chi connectivity index (χ0n) is 13.2. The van der Waals surface area contributed by atoms with Crippen LogP contribution in [0.25, 0.3) is 0 Å². The highest BCUT2D eigenvalue weighted by atomic mass is 35.5. The second-order valence-electron chi connectivity index (χ2n) is 5.44. The fraction of sp³-hybridized carbons (Fsp3) is 0.158. The fourth-order valence-corrected chi connectivity index (χ4v) is 2.74. The van der Waals surface area contributed by atoms with E-state index in [-0.39, 0.29) is 5.91 Å². The number of hydrogen-bond donors (Lipinski definition) is 1. The zero-order valence-corrected chi connectivity index (χ0v) is 13.9. The van der Waals surface area contributed by atoms with E-state index in [1.807, 2.05) is 24.4 Å². The third kappa shape index (κ3) is 4.03. The number of carbonyl (C=O) groups is 1. The molecule has 2 aromatic carbocycles. The minimum absolute atomic E-state index is 0.165. The van der Waals surface area contributed by atoms with Gasteiger partial charge in [0.1, 0.15) is 5.82 Å². The lowest BCUT2D eigenvalue weighted by molar-refractivity contribution is 0.0954. The summed E-state index contributed by atoms with van der Waals surface area (Å²) in [6.07, 6.45) is 4.41. The normalized spacial score (nSPS) is 10.5. The maximum Gasteiger partial charge on any atom is 0.252 e. The van der Waals surface area contributed by atoms with Gasteiger partial charge < -0.3 is 9.88 Å². The molecule has 0 radical (unpaired) electrons. The predicted molar refractivity (Wildman–Crippen MR) is 95.3 cm³/mol. The molecule has 3 rings (SSSR count). The van der Waals surface area contributed by atoms with Crippen molar-refractivity contribution in [1.82, 2.24) is 14.9 Å². The van der Waals surface area contributed by atoms with Crippen LogP contribution in [-0.4, -0.2) is 22.0 Å². The zero-order chi connectivity index (χ0) is 16.8. The molecule has 0 aliphatic rings. The number of nitrogens with zero attached hydrogens (tertiary/aromatic N) is 2. The van der Waals surface area contributed by atoms with Crippen LogP contribution in [0.3, 0.4) is 0 Å². The number of aromatic nitrogens is 2. The summed E-state index contributed by atoms with van der Waals surface area (Å²) >= 11 is 6.04. The van der Waals surface area contributed by atoms with Crippen LogP contribution >= 0.6 is 11.6 Å². The molecule has 122 valence electrons. The topological polar surface area (TPSA) is 46.9 Å². The lowest BCUT2D eigenvalue weighted by Crippen LogP contribution is -2.26. The van der Waals surface area contributed by atoms with E-state index in [1.165, 1.54) is 5.56 Å². The predicted octanol–water partition coefficient (Wildman–Crippen LogP) is 3.56. The van der Waals surface area contributed by atoms with E-state index < -0.39 is 0 Å². The van der Waals surface area contributed by atoms with Crippen LogP contribution in [0, 0.1) is 0 Å². The van der Waals surface area contributed by atoms with E-state index in [0.717, 1.165) is 12.4 Å². The molecule has 24 heavy (non-hydrogen) atoms. The highest BCUT2D eigenvalue weighted by Crippen LogP contribution is 2.14. The van der Waals surface area contributed by atoms with Crippen molar-refractivity contribution in [2.45, 2.75) is 13.0 Å². The number of nitrogens with one attached hydrogen (secondary N) is 1. The van der Waals surface area contributed by atoms with Gasteiger partial charge in [-0.1, -0.05) is 54.1 Å². The molecule has 0 unspecified atom stereocenters. The Hall–Kier alpha value is -2.59. The summed E-state index contributed by atoms with van der Waals surface area (Å²) in [7, 11) is 0. The Bertz CT molecular complexity index is 814. The van der Waals surface area contributed by atoms with Gasteiger partial charge in [-0.2, -0.15) is 0 Å². The van der Waals surface area contributed by atoms with Crippen molar-refractivity contribution in [3.63, 3.8) is 0 Å². The molecule has 1 N–H and O–H groups in total. The molecule has 0 aliphatic heterocycles. The van der Waals surface area contributed by atoms with Crippen molar-refractivity contribution in [2.24, 2.45) is 0 Å². The highest BCUT2D eigenvalue weighted by molar-refractivity contribution is 6.33. The minimum atomic E-state index is -0.165. The number of carbonyl (C=O) groups excluding carboxylic acids is 1. The maximum absolute atomic E-state index is 12.1. The van der Waals surface area contributed by atoms with Crippen molar-refractivity contribution in [3.05, 3.63) is 89.0 Å². The molecular weight excluding hydrogens is 322 g/mol. The Morgan fingerprint density at radius 2 is 1.83 bits per heavy atom. The van der Waals surface area contributed by atoms with Gasteiger partial charge in [0.2, 0.25) is 0 Å². The number of imidazole rings is 1.